The Morgan fingerprint density at radius 3 is 2.38 bits per heavy atom. The highest BCUT2D eigenvalue weighted by molar-refractivity contribution is 5.92. The van der Waals surface area contributed by atoms with Crippen LogP contribution in [0.5, 0.6) is 0 Å². The molecule has 0 bridgehead atoms. The Morgan fingerprint density at radius 1 is 1.08 bits per heavy atom. The number of nitrogens with zero attached hydrogens (tertiary/aromatic N) is 2. The lowest BCUT2D eigenvalue weighted by Crippen LogP contribution is -2.23. The van der Waals surface area contributed by atoms with Crippen LogP contribution in [0.1, 0.15) is 25.0 Å². The van der Waals surface area contributed by atoms with E-state index in [1.54, 1.807) is 0 Å². The molecule has 0 radical (unpaired) electrons. The van der Waals surface area contributed by atoms with Crippen LogP contribution in [0.2, 0.25) is 0 Å². The second-order valence-corrected chi connectivity index (χ2v) is 6.45. The van der Waals surface area contributed by atoms with Crippen LogP contribution in [0.25, 0.3) is 0 Å². The average molecular weight is 349 g/mol. The van der Waals surface area contributed by atoms with Crippen molar-refractivity contribution in [3.05, 3.63) is 59.7 Å². The minimum atomic E-state index is -0.0610. The smallest absolute Gasteiger partial charge is 0.221 e. The number of hydrogen-bond donors (Lipinski definition) is 1. The van der Waals surface area contributed by atoms with Crippen LogP contribution in [0.4, 0.5) is 11.4 Å². The first-order chi connectivity index (χ1) is 12.5. The highest BCUT2D eigenvalue weighted by Gasteiger charge is 2.11. The zero-order chi connectivity index (χ0) is 18.9. The van der Waals surface area contributed by atoms with Gasteiger partial charge in [-0.05, 0) is 50.8 Å². The van der Waals surface area contributed by atoms with Gasteiger partial charge in [0, 0.05) is 25.6 Å². The van der Waals surface area contributed by atoms with E-state index < -0.39 is 0 Å². The number of carbonyl (C=O) groups excluding carboxylic acids is 1. The molecular formula is C22H27N3O. The number of anilines is 2. The van der Waals surface area contributed by atoms with E-state index in [1.165, 1.54) is 12.5 Å². The predicted molar refractivity (Wildman–Crippen MR) is 109 cm³/mol. The summed E-state index contributed by atoms with van der Waals surface area (Å²) in [6.45, 7) is 6.03. The third-order valence-electron chi connectivity index (χ3n) is 3.89. The Balaban J connectivity index is 2.13. The van der Waals surface area contributed by atoms with Crippen LogP contribution in [0.15, 0.2) is 48.5 Å². The standard InChI is InChI=1S/C22H27N3O/c1-5-25(22-11-7-6-10-21(22)23-18(2)26)17-20-14-12-19(13-15-20)9-8-16-24(3)4/h6-7,10-15H,5,16-17H2,1-4H3,(H,23,26). The Kier molecular flexibility index (Phi) is 7.25. The number of nitrogens with one attached hydrogen (secondary N) is 1. The van der Waals surface area contributed by atoms with Crippen molar-refractivity contribution in [2.45, 2.75) is 20.4 Å². The summed E-state index contributed by atoms with van der Waals surface area (Å²) in [5.41, 5.74) is 4.10. The van der Waals surface area contributed by atoms with E-state index in [2.05, 4.69) is 53.2 Å². The zero-order valence-electron chi connectivity index (χ0n) is 16.0. The Morgan fingerprint density at radius 2 is 1.77 bits per heavy atom. The lowest BCUT2D eigenvalue weighted by Gasteiger charge is -2.26. The molecule has 0 aromatic heterocycles. The van der Waals surface area contributed by atoms with E-state index in [-0.39, 0.29) is 5.91 Å². The van der Waals surface area contributed by atoms with Gasteiger partial charge in [-0.1, -0.05) is 36.1 Å². The van der Waals surface area contributed by atoms with Crippen molar-refractivity contribution >= 4 is 17.3 Å². The predicted octanol–water partition coefficient (Wildman–Crippen LogP) is 3.58. The van der Waals surface area contributed by atoms with Crippen LogP contribution >= 0.6 is 0 Å². The maximum absolute atomic E-state index is 11.5. The highest BCUT2D eigenvalue weighted by atomic mass is 16.1. The van der Waals surface area contributed by atoms with Gasteiger partial charge in [-0.25, -0.2) is 0 Å². The van der Waals surface area contributed by atoms with Crippen molar-refractivity contribution in [2.75, 3.05) is 37.4 Å². The molecule has 0 heterocycles. The normalized spacial score (nSPS) is 10.2. The zero-order valence-corrected chi connectivity index (χ0v) is 16.0. The minimum Gasteiger partial charge on any atom is -0.366 e. The van der Waals surface area contributed by atoms with Gasteiger partial charge in [0.05, 0.1) is 17.9 Å². The first-order valence-electron chi connectivity index (χ1n) is 8.83. The third kappa shape index (κ3) is 5.94. The molecule has 26 heavy (non-hydrogen) atoms. The molecule has 2 aromatic carbocycles. The highest BCUT2D eigenvalue weighted by Crippen LogP contribution is 2.27. The molecule has 0 spiro atoms. The van der Waals surface area contributed by atoms with Crippen LogP contribution in [-0.4, -0.2) is 38.0 Å². The van der Waals surface area contributed by atoms with Gasteiger partial charge in [0.15, 0.2) is 0 Å². The van der Waals surface area contributed by atoms with Gasteiger partial charge >= 0.3 is 0 Å². The third-order valence-corrected chi connectivity index (χ3v) is 3.89. The van der Waals surface area contributed by atoms with Gasteiger partial charge < -0.3 is 10.2 Å². The summed E-state index contributed by atoms with van der Waals surface area (Å²) in [4.78, 5) is 15.8. The van der Waals surface area contributed by atoms with E-state index in [4.69, 9.17) is 0 Å². The molecule has 1 N–H and O–H groups in total. The molecule has 4 nitrogen and oxygen atoms in total. The second kappa shape index (κ2) is 9.65. The number of para-hydroxylation sites is 2. The van der Waals surface area contributed by atoms with Crippen LogP contribution in [0.3, 0.4) is 0 Å². The first-order valence-corrected chi connectivity index (χ1v) is 8.83. The van der Waals surface area contributed by atoms with E-state index in [0.717, 1.165) is 36.6 Å². The molecule has 1 amide bonds. The maximum Gasteiger partial charge on any atom is 0.221 e. The summed E-state index contributed by atoms with van der Waals surface area (Å²) in [5, 5.41) is 2.91. The summed E-state index contributed by atoms with van der Waals surface area (Å²) in [7, 11) is 4.02. The van der Waals surface area contributed by atoms with Gasteiger partial charge in [0.2, 0.25) is 5.91 Å². The molecule has 2 rings (SSSR count). The van der Waals surface area contributed by atoms with Crippen molar-refractivity contribution in [2.24, 2.45) is 0 Å². The molecule has 0 aliphatic carbocycles. The Hall–Kier alpha value is -2.77. The molecule has 0 saturated heterocycles. The summed E-state index contributed by atoms with van der Waals surface area (Å²) in [6.07, 6.45) is 0. The van der Waals surface area contributed by atoms with E-state index in [9.17, 15) is 4.79 Å². The topological polar surface area (TPSA) is 35.6 Å². The van der Waals surface area contributed by atoms with Crippen molar-refractivity contribution in [1.82, 2.24) is 4.90 Å². The van der Waals surface area contributed by atoms with Gasteiger partial charge in [-0.2, -0.15) is 0 Å². The maximum atomic E-state index is 11.5. The van der Waals surface area contributed by atoms with Crippen molar-refractivity contribution in [1.29, 1.82) is 0 Å². The summed E-state index contributed by atoms with van der Waals surface area (Å²) < 4.78 is 0. The summed E-state index contributed by atoms with van der Waals surface area (Å²) in [5.74, 6) is 6.27. The van der Waals surface area contributed by atoms with Gasteiger partial charge in [-0.3, -0.25) is 9.69 Å². The van der Waals surface area contributed by atoms with E-state index in [1.807, 2.05) is 43.3 Å². The molecule has 136 valence electrons. The summed E-state index contributed by atoms with van der Waals surface area (Å²) >= 11 is 0. The molecule has 0 atom stereocenters. The Bertz CT molecular complexity index is 785. The number of benzene rings is 2. The molecule has 0 aliphatic rings. The molecule has 0 fully saturated rings. The number of carbonyl (C=O) groups is 1. The first kappa shape index (κ1) is 19.6. The molecule has 0 saturated carbocycles. The van der Waals surface area contributed by atoms with Crippen LogP contribution < -0.4 is 10.2 Å². The quantitative estimate of drug-likeness (QED) is 0.810. The van der Waals surface area contributed by atoms with Crippen molar-refractivity contribution in [3.63, 3.8) is 0 Å². The number of amides is 1. The largest absolute Gasteiger partial charge is 0.366 e. The van der Waals surface area contributed by atoms with Crippen LogP contribution in [0, 0.1) is 11.8 Å². The Labute approximate surface area is 156 Å². The van der Waals surface area contributed by atoms with Gasteiger partial charge in [-0.15, -0.1) is 0 Å². The number of hydrogen-bond acceptors (Lipinski definition) is 3. The molecular weight excluding hydrogens is 322 g/mol. The fraction of sp³-hybridized carbons (Fsp3) is 0.318. The lowest BCUT2D eigenvalue weighted by atomic mass is 10.1. The molecule has 4 heteroatoms. The monoisotopic (exact) mass is 349 g/mol. The fourth-order valence-corrected chi connectivity index (χ4v) is 2.63. The van der Waals surface area contributed by atoms with Crippen molar-refractivity contribution < 1.29 is 4.79 Å². The number of rotatable bonds is 6. The van der Waals surface area contributed by atoms with Crippen LogP contribution in [-0.2, 0) is 11.3 Å². The molecule has 0 unspecified atom stereocenters. The van der Waals surface area contributed by atoms with E-state index >= 15 is 0 Å². The van der Waals surface area contributed by atoms with Gasteiger partial charge in [0.25, 0.3) is 0 Å². The van der Waals surface area contributed by atoms with E-state index in [0.29, 0.717) is 0 Å². The van der Waals surface area contributed by atoms with Gasteiger partial charge in [0.1, 0.15) is 0 Å². The minimum absolute atomic E-state index is 0.0610. The second-order valence-electron chi connectivity index (χ2n) is 6.45. The average Bonchev–Trinajstić information content (AvgIpc) is 2.61. The summed E-state index contributed by atoms with van der Waals surface area (Å²) in [6, 6.07) is 16.2. The lowest BCUT2D eigenvalue weighted by molar-refractivity contribution is -0.114. The SMILES string of the molecule is CCN(Cc1ccc(C#CCN(C)C)cc1)c1ccccc1NC(C)=O. The molecule has 0 aliphatic heterocycles. The van der Waals surface area contributed by atoms with Crippen molar-refractivity contribution in [3.8, 4) is 11.8 Å². The molecule has 2 aromatic rings. The fourth-order valence-electron chi connectivity index (χ4n) is 2.63.